The Bertz CT molecular complexity index is 975. The fourth-order valence-electron chi connectivity index (χ4n) is 3.13. The molecule has 2 aromatic heterocycles. The molecule has 3 rings (SSSR count). The maximum absolute atomic E-state index is 12.9. The minimum atomic E-state index is -0.616. The van der Waals surface area contributed by atoms with Gasteiger partial charge in [0.1, 0.15) is 6.54 Å². The molecule has 0 aliphatic heterocycles. The normalized spacial score (nSPS) is 10.9. The summed E-state index contributed by atoms with van der Waals surface area (Å²) in [6.45, 7) is 4.37. The number of nitrogens with two attached hydrogens (primary N) is 1. The van der Waals surface area contributed by atoms with E-state index in [0.717, 1.165) is 22.2 Å². The van der Waals surface area contributed by atoms with E-state index in [0.29, 0.717) is 13.0 Å². The Morgan fingerprint density at radius 3 is 2.81 bits per heavy atom. The first-order valence-corrected chi connectivity index (χ1v) is 8.71. The van der Waals surface area contributed by atoms with Gasteiger partial charge in [0.2, 0.25) is 0 Å². The third-order valence-electron chi connectivity index (χ3n) is 4.23. The molecule has 1 amide bonds. The van der Waals surface area contributed by atoms with E-state index in [1.54, 1.807) is 11.5 Å². The van der Waals surface area contributed by atoms with Gasteiger partial charge in [0.15, 0.2) is 5.82 Å². The molecule has 1 aromatic carbocycles. The lowest BCUT2D eigenvalue weighted by molar-refractivity contribution is 0.0889. The summed E-state index contributed by atoms with van der Waals surface area (Å²) < 4.78 is 7.84. The molecule has 9 nitrogen and oxygen atoms in total. The summed E-state index contributed by atoms with van der Waals surface area (Å²) in [5, 5.41) is 11.2. The van der Waals surface area contributed by atoms with E-state index in [4.69, 9.17) is 10.5 Å². The zero-order chi connectivity index (χ0) is 19.4. The quantitative estimate of drug-likeness (QED) is 0.685. The first-order chi connectivity index (χ1) is 13.0. The Kier molecular flexibility index (Phi) is 5.51. The Balaban J connectivity index is 1.84. The summed E-state index contributed by atoms with van der Waals surface area (Å²) in [4.78, 5) is 24.4. The van der Waals surface area contributed by atoms with Crippen LogP contribution in [-0.2, 0) is 17.7 Å². The zero-order valence-electron chi connectivity index (χ0n) is 15.3. The van der Waals surface area contributed by atoms with Crippen molar-refractivity contribution < 1.29 is 14.3 Å². The average molecular weight is 370 g/mol. The number of aromatic nitrogens is 4. The second kappa shape index (κ2) is 8.00. The van der Waals surface area contributed by atoms with Crippen LogP contribution in [0.15, 0.2) is 30.5 Å². The van der Waals surface area contributed by atoms with Gasteiger partial charge in [-0.2, -0.15) is 0 Å². The van der Waals surface area contributed by atoms with Gasteiger partial charge in [-0.3, -0.25) is 14.7 Å². The minimum absolute atomic E-state index is 0.0148. The van der Waals surface area contributed by atoms with E-state index in [-0.39, 0.29) is 24.9 Å². The highest BCUT2D eigenvalue weighted by molar-refractivity contribution is 5.96. The molecule has 0 atom stereocenters. The molecule has 0 spiro atoms. The summed E-state index contributed by atoms with van der Waals surface area (Å²) >= 11 is 0. The standard InChI is InChI=1S/C18H22N6O3/c1-3-27-18(26)20-16-10-23(22-21-16)11-17(25)24-12(2)13(8-9-19)14-6-4-5-7-15(14)24/h4-7,10H,3,8-9,11,19H2,1-2H3,(H,20,26). The van der Waals surface area contributed by atoms with Crippen molar-refractivity contribution in [3.8, 4) is 0 Å². The number of hydrogen-bond donors (Lipinski definition) is 2. The lowest BCUT2D eigenvalue weighted by Crippen LogP contribution is -2.19. The van der Waals surface area contributed by atoms with Gasteiger partial charge in [-0.15, -0.1) is 5.10 Å². The topological polar surface area (TPSA) is 117 Å². The van der Waals surface area contributed by atoms with Crippen LogP contribution in [0.5, 0.6) is 0 Å². The van der Waals surface area contributed by atoms with Crippen LogP contribution in [-0.4, -0.2) is 44.7 Å². The molecule has 142 valence electrons. The summed E-state index contributed by atoms with van der Waals surface area (Å²) in [6.07, 6.45) is 1.56. The second-order valence-electron chi connectivity index (χ2n) is 6.00. The van der Waals surface area contributed by atoms with Crippen LogP contribution in [0.2, 0.25) is 0 Å². The van der Waals surface area contributed by atoms with Crippen LogP contribution in [0.25, 0.3) is 10.9 Å². The lowest BCUT2D eigenvalue weighted by Gasteiger charge is -2.07. The van der Waals surface area contributed by atoms with E-state index in [1.165, 1.54) is 10.9 Å². The monoisotopic (exact) mass is 370 g/mol. The number of ether oxygens (including phenoxy) is 1. The fraction of sp³-hybridized carbons (Fsp3) is 0.333. The molecular weight excluding hydrogens is 348 g/mol. The number of para-hydroxylation sites is 1. The number of carbonyl (C=O) groups is 2. The van der Waals surface area contributed by atoms with Crippen LogP contribution in [0.4, 0.5) is 10.6 Å². The second-order valence-corrected chi connectivity index (χ2v) is 6.00. The number of anilines is 1. The van der Waals surface area contributed by atoms with Crippen LogP contribution < -0.4 is 11.1 Å². The fourth-order valence-corrected chi connectivity index (χ4v) is 3.13. The van der Waals surface area contributed by atoms with Crippen molar-refractivity contribution in [3.05, 3.63) is 41.7 Å². The average Bonchev–Trinajstić information content (AvgIpc) is 3.18. The van der Waals surface area contributed by atoms with E-state index in [2.05, 4.69) is 15.6 Å². The maximum Gasteiger partial charge on any atom is 0.412 e. The summed E-state index contributed by atoms with van der Waals surface area (Å²) in [6, 6.07) is 7.75. The zero-order valence-corrected chi connectivity index (χ0v) is 15.3. The number of nitrogens with zero attached hydrogens (tertiary/aromatic N) is 4. The van der Waals surface area contributed by atoms with Crippen molar-refractivity contribution in [1.82, 2.24) is 19.6 Å². The summed E-state index contributed by atoms with van der Waals surface area (Å²) in [7, 11) is 0. The predicted octanol–water partition coefficient (Wildman–Crippen LogP) is 1.95. The molecule has 0 aliphatic carbocycles. The molecular formula is C18H22N6O3. The van der Waals surface area contributed by atoms with Crippen LogP contribution in [0, 0.1) is 6.92 Å². The van der Waals surface area contributed by atoms with Crippen molar-refractivity contribution in [2.45, 2.75) is 26.8 Å². The minimum Gasteiger partial charge on any atom is -0.450 e. The summed E-state index contributed by atoms with van der Waals surface area (Å²) in [5.41, 5.74) is 8.52. The van der Waals surface area contributed by atoms with Crippen molar-refractivity contribution in [3.63, 3.8) is 0 Å². The molecule has 3 aromatic rings. The molecule has 0 aliphatic rings. The first kappa shape index (κ1) is 18.6. The molecule has 0 fully saturated rings. The highest BCUT2D eigenvalue weighted by Gasteiger charge is 2.19. The number of fused-ring (bicyclic) bond motifs is 1. The SMILES string of the molecule is CCOC(=O)Nc1cn(CC(=O)n2c(C)c(CCN)c3ccccc32)nn1. The summed E-state index contributed by atoms with van der Waals surface area (Å²) in [5.74, 6) is 0.0683. The van der Waals surface area contributed by atoms with Crippen LogP contribution >= 0.6 is 0 Å². The van der Waals surface area contributed by atoms with Gasteiger partial charge in [-0.1, -0.05) is 23.4 Å². The molecule has 0 unspecified atom stereocenters. The predicted molar refractivity (Wildman–Crippen MR) is 101 cm³/mol. The number of amides is 1. The van der Waals surface area contributed by atoms with E-state index < -0.39 is 6.09 Å². The van der Waals surface area contributed by atoms with Crippen molar-refractivity contribution in [2.75, 3.05) is 18.5 Å². The molecule has 0 radical (unpaired) electrons. The smallest absolute Gasteiger partial charge is 0.412 e. The largest absolute Gasteiger partial charge is 0.450 e. The van der Waals surface area contributed by atoms with Gasteiger partial charge < -0.3 is 10.5 Å². The Hall–Kier alpha value is -3.20. The van der Waals surface area contributed by atoms with E-state index in [9.17, 15) is 9.59 Å². The maximum atomic E-state index is 12.9. The van der Waals surface area contributed by atoms with Gasteiger partial charge in [-0.05, 0) is 38.4 Å². The van der Waals surface area contributed by atoms with Crippen molar-refractivity contribution in [2.24, 2.45) is 5.73 Å². The number of nitrogens with one attached hydrogen (secondary N) is 1. The van der Waals surface area contributed by atoms with Crippen molar-refractivity contribution >= 4 is 28.7 Å². The molecule has 27 heavy (non-hydrogen) atoms. The number of carbonyl (C=O) groups excluding carboxylic acids is 2. The molecule has 2 heterocycles. The van der Waals surface area contributed by atoms with Crippen molar-refractivity contribution in [1.29, 1.82) is 0 Å². The molecule has 0 saturated heterocycles. The van der Waals surface area contributed by atoms with Gasteiger partial charge in [0.05, 0.1) is 18.3 Å². The molecule has 0 bridgehead atoms. The Labute approximate surface area is 156 Å². The lowest BCUT2D eigenvalue weighted by atomic mass is 10.1. The molecule has 0 saturated carbocycles. The first-order valence-electron chi connectivity index (χ1n) is 8.71. The highest BCUT2D eigenvalue weighted by atomic mass is 16.5. The Morgan fingerprint density at radius 2 is 2.07 bits per heavy atom. The third kappa shape index (κ3) is 3.82. The van der Waals surface area contributed by atoms with E-state index >= 15 is 0 Å². The number of hydrogen-bond acceptors (Lipinski definition) is 6. The van der Waals surface area contributed by atoms with Gasteiger partial charge >= 0.3 is 6.09 Å². The highest BCUT2D eigenvalue weighted by Crippen LogP contribution is 2.26. The number of benzene rings is 1. The van der Waals surface area contributed by atoms with Crippen LogP contribution in [0.1, 0.15) is 23.0 Å². The van der Waals surface area contributed by atoms with E-state index in [1.807, 2.05) is 31.2 Å². The Morgan fingerprint density at radius 1 is 1.30 bits per heavy atom. The molecule has 3 N–H and O–H groups in total. The molecule has 9 heteroatoms. The van der Waals surface area contributed by atoms with Gasteiger partial charge in [0, 0.05) is 11.1 Å². The van der Waals surface area contributed by atoms with Crippen LogP contribution in [0.3, 0.4) is 0 Å². The van der Waals surface area contributed by atoms with Gasteiger partial charge in [-0.25, -0.2) is 9.48 Å². The van der Waals surface area contributed by atoms with Gasteiger partial charge in [0.25, 0.3) is 5.91 Å². The number of rotatable bonds is 6. The third-order valence-corrected chi connectivity index (χ3v) is 4.23.